The molecule has 1 saturated carbocycles. The molecule has 1 heterocycles. The van der Waals surface area contributed by atoms with Gasteiger partial charge in [-0.1, -0.05) is 24.3 Å². The molecule has 0 aromatic heterocycles. The zero-order chi connectivity index (χ0) is 13.2. The molecule has 1 aromatic carbocycles. The van der Waals surface area contributed by atoms with Crippen molar-refractivity contribution in [3.8, 4) is 0 Å². The summed E-state index contributed by atoms with van der Waals surface area (Å²) in [7, 11) is 0. The number of rotatable bonds is 4. The standard InChI is InChI=1S/C16H22N2O/c1-11-4-2-3-5-15(11)12-8-14(9-12)17-10-13-6-7-16(19)18-13/h2-5,12-14,17H,6-10H2,1H3,(H,18,19). The van der Waals surface area contributed by atoms with Gasteiger partial charge in [-0.3, -0.25) is 4.79 Å². The molecule has 102 valence electrons. The summed E-state index contributed by atoms with van der Waals surface area (Å²) in [6.07, 6.45) is 4.14. The van der Waals surface area contributed by atoms with Crippen LogP contribution in [0.4, 0.5) is 0 Å². The zero-order valence-corrected chi connectivity index (χ0v) is 11.5. The van der Waals surface area contributed by atoms with E-state index in [-0.39, 0.29) is 5.91 Å². The fraction of sp³-hybridized carbons (Fsp3) is 0.562. The molecule has 3 heteroatoms. The van der Waals surface area contributed by atoms with E-state index in [4.69, 9.17) is 0 Å². The maximum Gasteiger partial charge on any atom is 0.220 e. The Morgan fingerprint density at radius 3 is 2.79 bits per heavy atom. The maximum atomic E-state index is 11.1. The van der Waals surface area contributed by atoms with E-state index in [1.807, 2.05) is 0 Å². The van der Waals surface area contributed by atoms with Crippen molar-refractivity contribution in [1.82, 2.24) is 10.6 Å². The van der Waals surface area contributed by atoms with Crippen LogP contribution in [0.5, 0.6) is 0 Å². The molecule has 1 aliphatic carbocycles. The highest BCUT2D eigenvalue weighted by atomic mass is 16.1. The van der Waals surface area contributed by atoms with Crippen molar-refractivity contribution in [3.05, 3.63) is 35.4 Å². The van der Waals surface area contributed by atoms with Gasteiger partial charge in [0.05, 0.1) is 0 Å². The van der Waals surface area contributed by atoms with Gasteiger partial charge in [0, 0.05) is 25.0 Å². The Morgan fingerprint density at radius 1 is 1.32 bits per heavy atom. The van der Waals surface area contributed by atoms with Crippen molar-refractivity contribution < 1.29 is 4.79 Å². The third-order valence-electron chi connectivity index (χ3n) is 4.50. The number of benzene rings is 1. The van der Waals surface area contributed by atoms with Gasteiger partial charge >= 0.3 is 0 Å². The Kier molecular flexibility index (Phi) is 3.56. The molecule has 1 unspecified atom stereocenters. The van der Waals surface area contributed by atoms with Gasteiger partial charge in [0.2, 0.25) is 5.91 Å². The molecule has 1 aromatic rings. The van der Waals surface area contributed by atoms with E-state index in [2.05, 4.69) is 41.8 Å². The van der Waals surface area contributed by atoms with Crippen molar-refractivity contribution in [2.24, 2.45) is 0 Å². The molecular weight excluding hydrogens is 236 g/mol. The van der Waals surface area contributed by atoms with Crippen LogP contribution >= 0.6 is 0 Å². The number of nitrogens with one attached hydrogen (secondary N) is 2. The summed E-state index contributed by atoms with van der Waals surface area (Å²) in [5.74, 6) is 0.926. The van der Waals surface area contributed by atoms with E-state index in [1.54, 1.807) is 0 Å². The van der Waals surface area contributed by atoms with Crippen molar-refractivity contribution in [1.29, 1.82) is 0 Å². The second kappa shape index (κ2) is 5.33. The first-order chi connectivity index (χ1) is 9.22. The molecule has 1 amide bonds. The van der Waals surface area contributed by atoms with Gasteiger partial charge in [0.15, 0.2) is 0 Å². The number of carbonyl (C=O) groups is 1. The van der Waals surface area contributed by atoms with Crippen molar-refractivity contribution in [2.45, 2.75) is 50.6 Å². The summed E-state index contributed by atoms with van der Waals surface area (Å²) in [4.78, 5) is 11.1. The van der Waals surface area contributed by atoms with E-state index in [9.17, 15) is 4.79 Å². The minimum absolute atomic E-state index is 0.207. The highest BCUT2D eigenvalue weighted by molar-refractivity contribution is 5.78. The van der Waals surface area contributed by atoms with Gasteiger partial charge in [-0.2, -0.15) is 0 Å². The monoisotopic (exact) mass is 258 g/mol. The predicted molar refractivity (Wildman–Crippen MR) is 76.1 cm³/mol. The van der Waals surface area contributed by atoms with Gasteiger partial charge < -0.3 is 10.6 Å². The van der Waals surface area contributed by atoms with Crippen LogP contribution < -0.4 is 10.6 Å². The van der Waals surface area contributed by atoms with Crippen LogP contribution in [0.2, 0.25) is 0 Å². The zero-order valence-electron chi connectivity index (χ0n) is 11.5. The molecule has 2 fully saturated rings. The molecule has 3 rings (SSSR count). The predicted octanol–water partition coefficient (Wildman–Crippen LogP) is 2.11. The highest BCUT2D eigenvalue weighted by Gasteiger charge is 2.31. The van der Waals surface area contributed by atoms with Crippen molar-refractivity contribution in [3.63, 3.8) is 0 Å². The van der Waals surface area contributed by atoms with E-state index < -0.39 is 0 Å². The fourth-order valence-electron chi connectivity index (χ4n) is 3.22. The van der Waals surface area contributed by atoms with Crippen LogP contribution in [0.3, 0.4) is 0 Å². The Bertz CT molecular complexity index is 466. The largest absolute Gasteiger partial charge is 0.352 e. The minimum atomic E-state index is 0.207. The van der Waals surface area contributed by atoms with Crippen LogP contribution in [0.25, 0.3) is 0 Å². The molecule has 3 nitrogen and oxygen atoms in total. The van der Waals surface area contributed by atoms with Crippen molar-refractivity contribution in [2.75, 3.05) is 6.54 Å². The molecule has 0 bridgehead atoms. The first-order valence-corrected chi connectivity index (χ1v) is 7.30. The van der Waals surface area contributed by atoms with Crippen LogP contribution in [0.1, 0.15) is 42.7 Å². The summed E-state index contributed by atoms with van der Waals surface area (Å²) in [5, 5.41) is 6.59. The van der Waals surface area contributed by atoms with Crippen LogP contribution in [0.15, 0.2) is 24.3 Å². The summed E-state index contributed by atoms with van der Waals surface area (Å²) >= 11 is 0. The second-order valence-electron chi connectivity index (χ2n) is 5.93. The molecule has 1 atom stereocenters. The molecule has 19 heavy (non-hydrogen) atoms. The smallest absolute Gasteiger partial charge is 0.220 e. The third-order valence-corrected chi connectivity index (χ3v) is 4.50. The Balaban J connectivity index is 1.43. The molecule has 2 N–H and O–H groups in total. The molecule has 1 saturated heterocycles. The van der Waals surface area contributed by atoms with Crippen LogP contribution in [0, 0.1) is 6.92 Å². The quantitative estimate of drug-likeness (QED) is 0.868. The van der Waals surface area contributed by atoms with Gasteiger partial charge in [-0.05, 0) is 43.2 Å². The molecule has 0 spiro atoms. The Hall–Kier alpha value is -1.35. The average molecular weight is 258 g/mol. The van der Waals surface area contributed by atoms with E-state index in [0.29, 0.717) is 18.5 Å². The van der Waals surface area contributed by atoms with Gasteiger partial charge in [0.1, 0.15) is 0 Å². The number of carbonyl (C=O) groups excluding carboxylic acids is 1. The number of aryl methyl sites for hydroxylation is 1. The maximum absolute atomic E-state index is 11.1. The van der Waals surface area contributed by atoms with E-state index in [1.165, 1.54) is 24.0 Å². The van der Waals surface area contributed by atoms with E-state index in [0.717, 1.165) is 18.9 Å². The number of hydrogen-bond donors (Lipinski definition) is 2. The summed E-state index contributed by atoms with van der Waals surface area (Å²) in [5.41, 5.74) is 2.92. The van der Waals surface area contributed by atoms with Crippen LogP contribution in [-0.2, 0) is 4.79 Å². The normalized spacial score (nSPS) is 29.9. The topological polar surface area (TPSA) is 41.1 Å². The Morgan fingerprint density at radius 2 is 2.11 bits per heavy atom. The number of amides is 1. The first kappa shape index (κ1) is 12.7. The fourth-order valence-corrected chi connectivity index (χ4v) is 3.22. The minimum Gasteiger partial charge on any atom is -0.352 e. The molecular formula is C16H22N2O. The number of hydrogen-bond acceptors (Lipinski definition) is 2. The van der Waals surface area contributed by atoms with Crippen molar-refractivity contribution >= 4 is 5.91 Å². The second-order valence-corrected chi connectivity index (χ2v) is 5.93. The van der Waals surface area contributed by atoms with Gasteiger partial charge in [0.25, 0.3) is 0 Å². The third kappa shape index (κ3) is 2.81. The molecule has 2 aliphatic rings. The first-order valence-electron chi connectivity index (χ1n) is 7.30. The summed E-state index contributed by atoms with van der Waals surface area (Å²) < 4.78 is 0. The molecule has 0 radical (unpaired) electrons. The summed E-state index contributed by atoms with van der Waals surface area (Å²) in [6, 6.07) is 9.68. The average Bonchev–Trinajstić information content (AvgIpc) is 2.75. The summed E-state index contributed by atoms with van der Waals surface area (Å²) in [6.45, 7) is 3.13. The van der Waals surface area contributed by atoms with Gasteiger partial charge in [-0.15, -0.1) is 0 Å². The van der Waals surface area contributed by atoms with Crippen LogP contribution in [-0.4, -0.2) is 24.5 Å². The lowest BCUT2D eigenvalue weighted by Gasteiger charge is -2.37. The van der Waals surface area contributed by atoms with E-state index >= 15 is 0 Å². The lowest BCUT2D eigenvalue weighted by Crippen LogP contribution is -2.45. The lowest BCUT2D eigenvalue weighted by atomic mass is 9.74. The molecule has 1 aliphatic heterocycles. The highest BCUT2D eigenvalue weighted by Crippen LogP contribution is 2.38. The Labute approximate surface area is 114 Å². The lowest BCUT2D eigenvalue weighted by molar-refractivity contribution is -0.119. The van der Waals surface area contributed by atoms with Gasteiger partial charge in [-0.25, -0.2) is 0 Å². The SMILES string of the molecule is Cc1ccccc1C1CC(NCC2CCC(=O)N2)C1.